The van der Waals surface area contributed by atoms with E-state index in [-0.39, 0.29) is 17.6 Å². The molecule has 96 valence electrons. The number of anilines is 1. The minimum absolute atomic E-state index is 0.0668. The monoisotopic (exact) mass is 246 g/mol. The van der Waals surface area contributed by atoms with Gasteiger partial charge in [0.25, 0.3) is 0 Å². The predicted molar refractivity (Wildman–Crippen MR) is 70.7 cm³/mol. The zero-order valence-electron chi connectivity index (χ0n) is 10.8. The van der Waals surface area contributed by atoms with Crippen LogP contribution in [0.3, 0.4) is 0 Å². The average molecular weight is 246 g/mol. The van der Waals surface area contributed by atoms with E-state index >= 15 is 0 Å². The number of fused-ring (bicyclic) bond motifs is 1. The van der Waals surface area contributed by atoms with Crippen molar-refractivity contribution < 1.29 is 9.59 Å². The zero-order chi connectivity index (χ0) is 13.3. The summed E-state index contributed by atoms with van der Waals surface area (Å²) in [6.45, 7) is 2.40. The molecule has 0 aromatic heterocycles. The van der Waals surface area contributed by atoms with Crippen LogP contribution in [0.1, 0.15) is 29.3 Å². The van der Waals surface area contributed by atoms with Gasteiger partial charge in [0, 0.05) is 24.2 Å². The molecular formula is C14H18N2O2. The Morgan fingerprint density at radius 2 is 2.22 bits per heavy atom. The molecule has 0 spiro atoms. The number of rotatable bonds is 4. The van der Waals surface area contributed by atoms with Crippen molar-refractivity contribution in [3.63, 3.8) is 0 Å². The molecule has 4 nitrogen and oxygen atoms in total. The summed E-state index contributed by atoms with van der Waals surface area (Å²) >= 11 is 0. The fraction of sp³-hybridized carbons (Fsp3) is 0.429. The van der Waals surface area contributed by atoms with Crippen molar-refractivity contribution in [3.8, 4) is 0 Å². The summed E-state index contributed by atoms with van der Waals surface area (Å²) in [5.41, 5.74) is 7.99. The molecular weight excluding hydrogens is 228 g/mol. The number of nitrogens with zero attached hydrogens (tertiary/aromatic N) is 1. The molecule has 1 aliphatic rings. The standard InChI is InChI=1S/C14H18N2O2/c1-9(5-6-15)14(18)10-3-4-12-11(7-10)8-13(17)16(12)2/h3-4,7,9H,5-6,8,15H2,1-2H3. The lowest BCUT2D eigenvalue weighted by Gasteiger charge is -2.12. The highest BCUT2D eigenvalue weighted by Gasteiger charge is 2.25. The molecule has 1 aliphatic heterocycles. The van der Waals surface area contributed by atoms with E-state index in [0.717, 1.165) is 11.3 Å². The van der Waals surface area contributed by atoms with Gasteiger partial charge in [0.05, 0.1) is 6.42 Å². The summed E-state index contributed by atoms with van der Waals surface area (Å²) < 4.78 is 0. The van der Waals surface area contributed by atoms with Crippen LogP contribution >= 0.6 is 0 Å². The molecule has 1 aromatic carbocycles. The summed E-state index contributed by atoms with van der Waals surface area (Å²) in [6, 6.07) is 5.48. The van der Waals surface area contributed by atoms with E-state index in [1.54, 1.807) is 18.0 Å². The second kappa shape index (κ2) is 4.90. The number of likely N-dealkylation sites (N-methyl/N-ethyl adjacent to an activating group) is 1. The Hall–Kier alpha value is -1.68. The van der Waals surface area contributed by atoms with Gasteiger partial charge in [0.1, 0.15) is 0 Å². The van der Waals surface area contributed by atoms with Crippen LogP contribution in [0.15, 0.2) is 18.2 Å². The molecule has 0 bridgehead atoms. The van der Waals surface area contributed by atoms with E-state index < -0.39 is 0 Å². The Balaban J connectivity index is 2.26. The molecule has 18 heavy (non-hydrogen) atoms. The lowest BCUT2D eigenvalue weighted by molar-refractivity contribution is -0.117. The molecule has 1 amide bonds. The average Bonchev–Trinajstić information content (AvgIpc) is 2.64. The number of carbonyl (C=O) groups is 2. The third-order valence-corrected chi connectivity index (χ3v) is 3.49. The van der Waals surface area contributed by atoms with Crippen LogP contribution in [0.25, 0.3) is 0 Å². The second-order valence-electron chi connectivity index (χ2n) is 4.82. The minimum Gasteiger partial charge on any atom is -0.330 e. The third-order valence-electron chi connectivity index (χ3n) is 3.49. The fourth-order valence-electron chi connectivity index (χ4n) is 2.29. The third kappa shape index (κ3) is 2.16. The Morgan fingerprint density at radius 1 is 1.50 bits per heavy atom. The summed E-state index contributed by atoms with van der Waals surface area (Å²) in [4.78, 5) is 25.3. The maximum atomic E-state index is 12.1. The Morgan fingerprint density at radius 3 is 2.89 bits per heavy atom. The molecule has 0 saturated carbocycles. The van der Waals surface area contributed by atoms with Crippen molar-refractivity contribution in [1.82, 2.24) is 0 Å². The maximum absolute atomic E-state index is 12.1. The lowest BCUT2D eigenvalue weighted by Crippen LogP contribution is -2.20. The van der Waals surface area contributed by atoms with Crippen LogP contribution in [-0.4, -0.2) is 25.3 Å². The van der Waals surface area contributed by atoms with E-state index in [0.29, 0.717) is 24.9 Å². The van der Waals surface area contributed by atoms with Gasteiger partial charge < -0.3 is 10.6 Å². The number of benzene rings is 1. The first-order chi connectivity index (χ1) is 8.54. The van der Waals surface area contributed by atoms with Gasteiger partial charge in [-0.15, -0.1) is 0 Å². The number of nitrogens with two attached hydrogens (primary N) is 1. The molecule has 4 heteroatoms. The molecule has 0 fully saturated rings. The topological polar surface area (TPSA) is 63.4 Å². The molecule has 1 unspecified atom stereocenters. The van der Waals surface area contributed by atoms with Crippen LogP contribution in [-0.2, 0) is 11.2 Å². The number of Topliss-reactive ketones (excluding diaryl/α,β-unsaturated/α-hetero) is 1. The first kappa shape index (κ1) is 12.8. The van der Waals surface area contributed by atoms with Crippen LogP contribution in [0.4, 0.5) is 5.69 Å². The van der Waals surface area contributed by atoms with Gasteiger partial charge in [0.2, 0.25) is 5.91 Å². The fourth-order valence-corrected chi connectivity index (χ4v) is 2.29. The SMILES string of the molecule is CC(CCN)C(=O)c1ccc2c(c1)CC(=O)N2C. The first-order valence-electron chi connectivity index (χ1n) is 6.18. The minimum atomic E-state index is -0.0668. The molecule has 0 aliphatic carbocycles. The normalized spacial score (nSPS) is 15.7. The maximum Gasteiger partial charge on any atom is 0.231 e. The summed E-state index contributed by atoms with van der Waals surface area (Å²) in [5.74, 6) is 0.109. The van der Waals surface area contributed by atoms with Crippen molar-refractivity contribution in [1.29, 1.82) is 0 Å². The van der Waals surface area contributed by atoms with E-state index in [1.807, 2.05) is 19.1 Å². The summed E-state index contributed by atoms with van der Waals surface area (Å²) in [7, 11) is 1.76. The highest BCUT2D eigenvalue weighted by molar-refractivity contribution is 6.03. The van der Waals surface area contributed by atoms with Crippen molar-refractivity contribution >= 4 is 17.4 Å². The number of carbonyl (C=O) groups excluding carboxylic acids is 2. The molecule has 1 atom stereocenters. The van der Waals surface area contributed by atoms with Crippen LogP contribution in [0, 0.1) is 5.92 Å². The van der Waals surface area contributed by atoms with Crippen molar-refractivity contribution in [3.05, 3.63) is 29.3 Å². The van der Waals surface area contributed by atoms with Crippen molar-refractivity contribution in [2.24, 2.45) is 11.7 Å². The second-order valence-corrected chi connectivity index (χ2v) is 4.82. The molecule has 0 saturated heterocycles. The number of ketones is 1. The van der Waals surface area contributed by atoms with Crippen LogP contribution in [0.2, 0.25) is 0 Å². The van der Waals surface area contributed by atoms with Gasteiger partial charge in [0.15, 0.2) is 5.78 Å². The Bertz CT molecular complexity index is 497. The molecule has 2 rings (SSSR count). The van der Waals surface area contributed by atoms with Gasteiger partial charge in [-0.3, -0.25) is 9.59 Å². The largest absolute Gasteiger partial charge is 0.330 e. The van der Waals surface area contributed by atoms with E-state index in [4.69, 9.17) is 5.73 Å². The Kier molecular flexibility index (Phi) is 3.48. The number of hydrogen-bond acceptors (Lipinski definition) is 3. The summed E-state index contributed by atoms with van der Waals surface area (Å²) in [5, 5.41) is 0. The van der Waals surface area contributed by atoms with Gasteiger partial charge in [-0.25, -0.2) is 0 Å². The highest BCUT2D eigenvalue weighted by Crippen LogP contribution is 2.29. The molecule has 2 N–H and O–H groups in total. The van der Waals surface area contributed by atoms with Crippen LogP contribution in [0.5, 0.6) is 0 Å². The van der Waals surface area contributed by atoms with Gasteiger partial charge in [-0.2, -0.15) is 0 Å². The first-order valence-corrected chi connectivity index (χ1v) is 6.18. The predicted octanol–water partition coefficient (Wildman–Crippen LogP) is 1.37. The zero-order valence-corrected chi connectivity index (χ0v) is 10.8. The smallest absolute Gasteiger partial charge is 0.231 e. The number of hydrogen-bond donors (Lipinski definition) is 1. The summed E-state index contributed by atoms with van der Waals surface area (Å²) in [6.07, 6.45) is 1.08. The van der Waals surface area contributed by atoms with Crippen molar-refractivity contribution in [2.45, 2.75) is 19.8 Å². The number of amides is 1. The van der Waals surface area contributed by atoms with E-state index in [9.17, 15) is 9.59 Å². The van der Waals surface area contributed by atoms with Gasteiger partial charge in [-0.1, -0.05) is 6.92 Å². The molecule has 1 aromatic rings. The Labute approximate surface area is 107 Å². The van der Waals surface area contributed by atoms with Gasteiger partial charge in [-0.05, 0) is 36.7 Å². The van der Waals surface area contributed by atoms with E-state index in [2.05, 4.69) is 0 Å². The highest BCUT2D eigenvalue weighted by atomic mass is 16.2. The lowest BCUT2D eigenvalue weighted by atomic mass is 9.95. The van der Waals surface area contributed by atoms with Crippen molar-refractivity contribution in [2.75, 3.05) is 18.5 Å². The van der Waals surface area contributed by atoms with Gasteiger partial charge >= 0.3 is 0 Å². The van der Waals surface area contributed by atoms with E-state index in [1.165, 1.54) is 0 Å². The molecule has 0 radical (unpaired) electrons. The molecule has 1 heterocycles. The van der Waals surface area contributed by atoms with Crippen LogP contribution < -0.4 is 10.6 Å². The quantitative estimate of drug-likeness (QED) is 0.816.